The minimum absolute atomic E-state index is 0.0329. The minimum Gasteiger partial charge on any atom is -0.406 e. The quantitative estimate of drug-likeness (QED) is 0.759. The lowest BCUT2D eigenvalue weighted by atomic mass is 10.1. The summed E-state index contributed by atoms with van der Waals surface area (Å²) in [7, 11) is 0. The topological polar surface area (TPSA) is 80.3 Å². The highest BCUT2D eigenvalue weighted by Crippen LogP contribution is 2.29. The van der Waals surface area contributed by atoms with Crippen molar-refractivity contribution in [3.05, 3.63) is 52.2 Å². The fourth-order valence-electron chi connectivity index (χ4n) is 2.43. The van der Waals surface area contributed by atoms with Gasteiger partial charge in [0.1, 0.15) is 11.6 Å². The number of pyridine rings is 1. The van der Waals surface area contributed by atoms with Gasteiger partial charge in [-0.15, -0.1) is 13.2 Å². The maximum Gasteiger partial charge on any atom is 0.573 e. The SMILES string of the molecule is CC(=O)Nc1cc(C(=O)NC(C)c2cc(Cl)cc(OC(F)(F)F)c2)cc(C)n1. The van der Waals surface area contributed by atoms with Gasteiger partial charge in [-0.05, 0) is 49.7 Å². The fraction of sp³-hybridized carbons (Fsp3) is 0.278. The van der Waals surface area contributed by atoms with Crippen LogP contribution < -0.4 is 15.4 Å². The van der Waals surface area contributed by atoms with Crippen LogP contribution in [0.2, 0.25) is 5.02 Å². The number of amides is 2. The third-order valence-electron chi connectivity index (χ3n) is 3.49. The molecule has 0 saturated heterocycles. The van der Waals surface area contributed by atoms with E-state index in [4.69, 9.17) is 11.6 Å². The van der Waals surface area contributed by atoms with Gasteiger partial charge in [0.15, 0.2) is 0 Å². The Morgan fingerprint density at radius 3 is 2.46 bits per heavy atom. The number of aromatic nitrogens is 1. The summed E-state index contributed by atoms with van der Waals surface area (Å²) in [5, 5.41) is 5.19. The van der Waals surface area contributed by atoms with Crippen molar-refractivity contribution < 1.29 is 27.5 Å². The van der Waals surface area contributed by atoms with Crippen molar-refractivity contribution in [1.29, 1.82) is 0 Å². The molecule has 2 aromatic rings. The average molecular weight is 416 g/mol. The normalized spacial score (nSPS) is 12.2. The Labute approximate surface area is 164 Å². The molecule has 2 N–H and O–H groups in total. The number of halogens is 4. The van der Waals surface area contributed by atoms with E-state index in [1.807, 2.05) is 0 Å². The third kappa shape index (κ3) is 6.41. The number of nitrogens with one attached hydrogen (secondary N) is 2. The molecule has 0 radical (unpaired) electrons. The van der Waals surface area contributed by atoms with E-state index in [2.05, 4.69) is 20.4 Å². The van der Waals surface area contributed by atoms with E-state index in [1.165, 1.54) is 25.1 Å². The molecule has 2 rings (SSSR count). The smallest absolute Gasteiger partial charge is 0.406 e. The Morgan fingerprint density at radius 2 is 1.86 bits per heavy atom. The zero-order chi connectivity index (χ0) is 21.1. The van der Waals surface area contributed by atoms with Gasteiger partial charge in [-0.2, -0.15) is 0 Å². The molecule has 0 spiro atoms. The maximum atomic E-state index is 12.5. The number of anilines is 1. The van der Waals surface area contributed by atoms with Crippen molar-refractivity contribution in [3.63, 3.8) is 0 Å². The second-order valence-electron chi connectivity index (χ2n) is 6.03. The van der Waals surface area contributed by atoms with Crippen molar-refractivity contribution in [1.82, 2.24) is 10.3 Å². The summed E-state index contributed by atoms with van der Waals surface area (Å²) < 4.78 is 41.2. The van der Waals surface area contributed by atoms with Gasteiger partial charge in [-0.1, -0.05) is 11.6 Å². The van der Waals surface area contributed by atoms with E-state index < -0.39 is 24.1 Å². The maximum absolute atomic E-state index is 12.5. The molecule has 150 valence electrons. The number of aryl methyl sites for hydroxylation is 1. The molecule has 1 aromatic carbocycles. The molecule has 0 fully saturated rings. The molecule has 2 amide bonds. The van der Waals surface area contributed by atoms with Crippen molar-refractivity contribution in [3.8, 4) is 5.75 Å². The van der Waals surface area contributed by atoms with Crippen LogP contribution in [0.15, 0.2) is 30.3 Å². The first kappa shape index (κ1) is 21.5. The summed E-state index contributed by atoms with van der Waals surface area (Å²) >= 11 is 5.86. The van der Waals surface area contributed by atoms with Gasteiger partial charge in [0.2, 0.25) is 5.91 Å². The van der Waals surface area contributed by atoms with Crippen molar-refractivity contribution in [2.75, 3.05) is 5.32 Å². The summed E-state index contributed by atoms with van der Waals surface area (Å²) in [5.74, 6) is -1.10. The standard InChI is InChI=1S/C18H17ClF3N3O3/c1-9-4-13(7-16(23-9)25-11(3)26)17(27)24-10(2)12-5-14(19)8-15(6-12)28-18(20,21)22/h4-8,10H,1-3H3,(H,24,27)(H,23,25,26). The first-order valence-corrected chi connectivity index (χ1v) is 8.44. The second-order valence-corrected chi connectivity index (χ2v) is 6.46. The van der Waals surface area contributed by atoms with Crippen LogP contribution in [0.25, 0.3) is 0 Å². The summed E-state index contributed by atoms with van der Waals surface area (Å²) in [4.78, 5) is 27.8. The third-order valence-corrected chi connectivity index (χ3v) is 3.71. The first-order valence-electron chi connectivity index (χ1n) is 8.06. The lowest BCUT2D eigenvalue weighted by Crippen LogP contribution is -2.27. The van der Waals surface area contributed by atoms with E-state index in [9.17, 15) is 22.8 Å². The highest BCUT2D eigenvalue weighted by molar-refractivity contribution is 6.30. The number of carbonyl (C=O) groups excluding carboxylic acids is 2. The van der Waals surface area contributed by atoms with Crippen molar-refractivity contribution >= 4 is 29.2 Å². The van der Waals surface area contributed by atoms with Crippen LogP contribution in [-0.2, 0) is 4.79 Å². The molecule has 10 heteroatoms. The lowest BCUT2D eigenvalue weighted by molar-refractivity contribution is -0.274. The number of hydrogen-bond donors (Lipinski definition) is 2. The van der Waals surface area contributed by atoms with Gasteiger partial charge in [0.05, 0.1) is 6.04 Å². The Hall–Kier alpha value is -2.81. The van der Waals surface area contributed by atoms with E-state index in [1.54, 1.807) is 13.8 Å². The van der Waals surface area contributed by atoms with Crippen LogP contribution in [-0.4, -0.2) is 23.2 Å². The van der Waals surface area contributed by atoms with Gasteiger partial charge >= 0.3 is 6.36 Å². The summed E-state index contributed by atoms with van der Waals surface area (Å²) in [6, 6.07) is 5.84. The van der Waals surface area contributed by atoms with E-state index in [0.29, 0.717) is 11.3 Å². The first-order chi connectivity index (χ1) is 12.9. The molecule has 1 heterocycles. The van der Waals surface area contributed by atoms with Gasteiger partial charge in [-0.3, -0.25) is 9.59 Å². The average Bonchev–Trinajstić information content (AvgIpc) is 2.51. The van der Waals surface area contributed by atoms with E-state index in [0.717, 1.165) is 12.1 Å². The highest BCUT2D eigenvalue weighted by atomic mass is 35.5. The van der Waals surface area contributed by atoms with Crippen LogP contribution in [0.5, 0.6) is 5.75 Å². The number of benzene rings is 1. The highest BCUT2D eigenvalue weighted by Gasteiger charge is 2.31. The summed E-state index contributed by atoms with van der Waals surface area (Å²) in [5.41, 5.74) is 1.07. The molecule has 0 aliphatic heterocycles. The molecule has 0 bridgehead atoms. The van der Waals surface area contributed by atoms with Crippen LogP contribution >= 0.6 is 11.6 Å². The lowest BCUT2D eigenvalue weighted by Gasteiger charge is -2.17. The summed E-state index contributed by atoms with van der Waals surface area (Å²) in [6.45, 7) is 4.55. The van der Waals surface area contributed by atoms with Gasteiger partial charge in [0, 0.05) is 23.2 Å². The molecule has 1 unspecified atom stereocenters. The van der Waals surface area contributed by atoms with Crippen LogP contribution in [0, 0.1) is 6.92 Å². The molecule has 1 aromatic heterocycles. The van der Waals surface area contributed by atoms with Crippen molar-refractivity contribution in [2.24, 2.45) is 0 Å². The Morgan fingerprint density at radius 1 is 1.18 bits per heavy atom. The predicted octanol–water partition coefficient (Wildman–Crippen LogP) is 4.39. The zero-order valence-electron chi connectivity index (χ0n) is 15.1. The second kappa shape index (κ2) is 8.47. The minimum atomic E-state index is -4.86. The molecule has 6 nitrogen and oxygen atoms in total. The van der Waals surface area contributed by atoms with Crippen LogP contribution in [0.1, 0.15) is 41.5 Å². The number of rotatable bonds is 5. The molecule has 28 heavy (non-hydrogen) atoms. The fourth-order valence-corrected chi connectivity index (χ4v) is 2.67. The van der Waals surface area contributed by atoms with Crippen molar-refractivity contribution in [2.45, 2.75) is 33.2 Å². The Balaban J connectivity index is 2.20. The van der Waals surface area contributed by atoms with Crippen LogP contribution in [0.3, 0.4) is 0 Å². The van der Waals surface area contributed by atoms with Gasteiger partial charge in [-0.25, -0.2) is 4.98 Å². The number of alkyl halides is 3. The molecular weight excluding hydrogens is 399 g/mol. The predicted molar refractivity (Wildman–Crippen MR) is 97.3 cm³/mol. The number of ether oxygens (including phenoxy) is 1. The zero-order valence-corrected chi connectivity index (χ0v) is 15.9. The van der Waals surface area contributed by atoms with Gasteiger partial charge < -0.3 is 15.4 Å². The molecular formula is C18H17ClF3N3O3. The summed E-state index contributed by atoms with van der Waals surface area (Å²) in [6.07, 6.45) is -4.86. The number of hydrogen-bond acceptors (Lipinski definition) is 4. The van der Waals surface area contributed by atoms with E-state index in [-0.39, 0.29) is 22.3 Å². The van der Waals surface area contributed by atoms with Gasteiger partial charge in [0.25, 0.3) is 5.91 Å². The van der Waals surface area contributed by atoms with Crippen LogP contribution in [0.4, 0.5) is 19.0 Å². The number of carbonyl (C=O) groups is 2. The van der Waals surface area contributed by atoms with E-state index >= 15 is 0 Å². The Kier molecular flexibility index (Phi) is 6.50. The monoisotopic (exact) mass is 415 g/mol. The molecule has 1 atom stereocenters. The molecule has 0 saturated carbocycles. The molecule has 0 aliphatic carbocycles. The molecule has 0 aliphatic rings. The number of nitrogens with zero attached hydrogens (tertiary/aromatic N) is 1. The Bertz CT molecular complexity index is 903. The largest absolute Gasteiger partial charge is 0.573 e.